The van der Waals surface area contributed by atoms with Crippen molar-refractivity contribution in [3.8, 4) is 0 Å². The van der Waals surface area contributed by atoms with Gasteiger partial charge in [0.1, 0.15) is 0 Å². The Morgan fingerprint density at radius 1 is 0.438 bits per heavy atom. The Hall–Kier alpha value is -0.425. The molecule has 0 saturated carbocycles. The van der Waals surface area contributed by atoms with Crippen LogP contribution in [0, 0.1) is 71.0 Å². The minimum Gasteiger partial charge on any atom is -2.00 e. The average molecular weight is 331 g/mol. The van der Waals surface area contributed by atoms with E-state index >= 15 is 0 Å². The van der Waals surface area contributed by atoms with Gasteiger partial charge in [0.05, 0.1) is 0 Å². The van der Waals surface area contributed by atoms with Crippen LogP contribution in [-0.2, 0) is 39.6 Å². The van der Waals surface area contributed by atoms with Crippen LogP contribution in [-0.4, -0.2) is 0 Å². The first kappa shape index (κ1) is 106. The van der Waals surface area contributed by atoms with Crippen molar-refractivity contribution in [1.82, 2.24) is 0 Å². The van der Waals surface area contributed by atoms with Gasteiger partial charge < -0.3 is 76.5 Å². The zero-order chi connectivity index (χ0) is 12.0. The molecule has 16 heavy (non-hydrogen) atoms. The molecule has 0 heterocycles. The Balaban J connectivity index is -0.00000000321. The summed E-state index contributed by atoms with van der Waals surface area (Å²) in [7, 11) is 0. The van der Waals surface area contributed by atoms with Crippen molar-refractivity contribution in [2.75, 3.05) is 0 Å². The van der Waals surface area contributed by atoms with Crippen molar-refractivity contribution in [1.29, 1.82) is 31.6 Å². The van der Waals surface area contributed by atoms with Gasteiger partial charge in [-0.05, 0) is 0 Å². The van der Waals surface area contributed by atoms with Crippen LogP contribution in [0.1, 0.15) is 0 Å². The third kappa shape index (κ3) is 11900. The van der Waals surface area contributed by atoms with E-state index in [4.69, 9.17) is 71.0 Å². The maximum absolute atomic E-state index is 6.25. The van der Waals surface area contributed by atoms with Gasteiger partial charge in [-0.25, -0.2) is 0 Å². The standard InChI is InChI=1S/6CN.Cu.Fe.K.O/c6*1-2;;;;/q6*-1;+2;+6;+1;-2. The fraction of sp³-hybridized carbons (Fsp3) is 0. The van der Waals surface area contributed by atoms with Crippen LogP contribution in [0.4, 0.5) is 0 Å². The third-order valence-corrected chi connectivity index (χ3v) is 0. The second kappa shape index (κ2) is 14900. The van der Waals surface area contributed by atoms with E-state index in [1.807, 2.05) is 0 Å². The van der Waals surface area contributed by atoms with Crippen molar-refractivity contribution in [3.63, 3.8) is 0 Å². The van der Waals surface area contributed by atoms with Gasteiger partial charge in [0, 0.05) is 0 Å². The smallest absolute Gasteiger partial charge is 2.00 e. The van der Waals surface area contributed by atoms with Crippen molar-refractivity contribution >= 4 is 0 Å². The van der Waals surface area contributed by atoms with Gasteiger partial charge in [0.15, 0.2) is 0 Å². The van der Waals surface area contributed by atoms with Gasteiger partial charge in [-0.15, -0.1) is 0 Å². The number of hydrogen-bond donors (Lipinski definition) is 0. The van der Waals surface area contributed by atoms with E-state index < -0.39 is 0 Å². The fourth-order valence-electron chi connectivity index (χ4n) is 0. The maximum Gasteiger partial charge on any atom is 6.00 e. The summed E-state index contributed by atoms with van der Waals surface area (Å²) in [4.78, 5) is 0. The molecule has 0 aliphatic carbocycles. The van der Waals surface area contributed by atoms with E-state index in [-0.39, 0.29) is 91.0 Å². The summed E-state index contributed by atoms with van der Waals surface area (Å²) in [6, 6.07) is 0. The van der Waals surface area contributed by atoms with Gasteiger partial charge in [0.2, 0.25) is 0 Å². The number of nitrogens with zero attached hydrogens (tertiary/aromatic N) is 6. The maximum atomic E-state index is 6.25. The molecule has 0 amide bonds. The minimum atomic E-state index is 0. The average Bonchev–Trinajstić information content (AvgIpc) is 2.33. The minimum absolute atomic E-state index is 0. The largest absolute Gasteiger partial charge is 6.00 e. The molecule has 0 atom stereocenters. The second-order valence-electron chi connectivity index (χ2n) is 0. The van der Waals surface area contributed by atoms with Crippen molar-refractivity contribution < 1.29 is 91.0 Å². The van der Waals surface area contributed by atoms with Gasteiger partial charge in [-0.3, -0.25) is 0 Å². The van der Waals surface area contributed by atoms with E-state index in [0.29, 0.717) is 0 Å². The Bertz CT molecular complexity index is 108. The summed E-state index contributed by atoms with van der Waals surface area (Å²) >= 11 is 0. The first-order valence-electron chi connectivity index (χ1n) is 1.34. The zero-order valence-corrected chi connectivity index (χ0v) is 12.9. The molecule has 0 aromatic rings. The fourth-order valence-corrected chi connectivity index (χ4v) is 0. The van der Waals surface area contributed by atoms with Gasteiger partial charge in [-0.1, -0.05) is 0 Å². The third-order valence-electron chi connectivity index (χ3n) is 0. The van der Waals surface area contributed by atoms with Crippen LogP contribution in [0.25, 0.3) is 0 Å². The predicted molar refractivity (Wildman–Crippen MR) is 30.5 cm³/mol. The van der Waals surface area contributed by atoms with E-state index in [9.17, 15) is 0 Å². The summed E-state index contributed by atoms with van der Waals surface area (Å²) < 4.78 is 0. The zero-order valence-electron chi connectivity index (χ0n) is 7.75. The Morgan fingerprint density at radius 2 is 0.438 bits per heavy atom. The van der Waals surface area contributed by atoms with E-state index in [2.05, 4.69) is 0 Å². The predicted octanol–water partition coefficient (Wildman–Crippen LogP) is -2.54. The van der Waals surface area contributed by atoms with Crippen molar-refractivity contribution in [2.24, 2.45) is 0 Å². The second-order valence-corrected chi connectivity index (χ2v) is 0. The van der Waals surface area contributed by atoms with Crippen LogP contribution < -0.4 is 51.4 Å². The van der Waals surface area contributed by atoms with Gasteiger partial charge >= 0.3 is 85.5 Å². The molecule has 0 N–H and O–H groups in total. The Kier molecular flexibility index (Phi) is 99100. The molecule has 10 heteroatoms. The van der Waals surface area contributed by atoms with Crippen LogP contribution in [0.5, 0.6) is 0 Å². The summed E-state index contributed by atoms with van der Waals surface area (Å²) in [5.74, 6) is 0. The molecule has 79 valence electrons. The Labute approximate surface area is 160 Å². The quantitative estimate of drug-likeness (QED) is 0.349. The number of rotatable bonds is 0. The van der Waals surface area contributed by atoms with Crippen LogP contribution in [0.3, 0.4) is 0 Å². The summed E-state index contributed by atoms with van der Waals surface area (Å²) in [5.41, 5.74) is 0. The molecule has 0 aromatic carbocycles. The van der Waals surface area contributed by atoms with E-state index in [1.165, 1.54) is 0 Å². The van der Waals surface area contributed by atoms with E-state index in [1.54, 1.807) is 0 Å². The molecule has 0 aromatic heterocycles. The van der Waals surface area contributed by atoms with E-state index in [0.717, 1.165) is 0 Å². The molecule has 0 unspecified atom stereocenters. The number of hydrogen-bond acceptors (Lipinski definition) is 6. The molecule has 7 nitrogen and oxygen atoms in total. The van der Waals surface area contributed by atoms with Gasteiger partial charge in [-0.2, -0.15) is 0 Å². The first-order valence-corrected chi connectivity index (χ1v) is 1.34. The Morgan fingerprint density at radius 3 is 0.438 bits per heavy atom. The summed E-state index contributed by atoms with van der Waals surface area (Å²) in [6.07, 6.45) is 0. The molecular formula is C6CuFeKN6O+. The first-order chi connectivity index (χ1) is 6.00. The summed E-state index contributed by atoms with van der Waals surface area (Å²) in [5, 5.41) is 37.5. The molecule has 1 radical (unpaired) electrons. The van der Waals surface area contributed by atoms with Crippen LogP contribution >= 0.6 is 0 Å². The van der Waals surface area contributed by atoms with Crippen molar-refractivity contribution in [3.05, 3.63) is 39.4 Å². The molecule has 0 aliphatic heterocycles. The SMILES string of the molecule is [C-]#N.[C-]#N.[C-]#N.[C-]#N.[C-]#N.[C-]#N.[Cu+2].[Fe+6].[K+].[O-2]. The molecule has 0 rings (SSSR count). The topological polar surface area (TPSA) is 171 Å². The van der Waals surface area contributed by atoms with Crippen molar-refractivity contribution in [2.45, 2.75) is 0 Å². The van der Waals surface area contributed by atoms with Gasteiger partial charge in [0.25, 0.3) is 0 Å². The molecule has 0 aliphatic rings. The molecule has 0 spiro atoms. The molecular weight excluding hydrogens is 331 g/mol. The molecule has 0 fully saturated rings. The molecule has 0 saturated heterocycles. The van der Waals surface area contributed by atoms with Crippen LogP contribution in [0.2, 0.25) is 0 Å². The molecule has 0 bridgehead atoms. The monoisotopic (exact) mass is 330 g/mol. The van der Waals surface area contributed by atoms with Crippen LogP contribution in [0.15, 0.2) is 0 Å². The normalized spacial score (nSPS) is 0.750. The summed E-state index contributed by atoms with van der Waals surface area (Å²) in [6.45, 7) is 28.5.